The summed E-state index contributed by atoms with van der Waals surface area (Å²) >= 11 is 0. The maximum Gasteiger partial charge on any atom is 0.306 e. The maximum absolute atomic E-state index is 13.5. The highest BCUT2D eigenvalue weighted by molar-refractivity contribution is 5.80. The van der Waals surface area contributed by atoms with Crippen LogP contribution in [0.15, 0.2) is 48.6 Å². The lowest BCUT2D eigenvalue weighted by Gasteiger charge is -2.41. The first-order chi connectivity index (χ1) is 41.7. The SMILES string of the molecule is CCCCC/C=C\C/C=C\CCCCCCCCC(O)C(=O)NC(COC1OC(CO)C(O)C(O)C1OC(=O)CCCCCCCCCCCCCCCCCCC/C=C/CCCCCCCC)C(O)/C=C/CCCCCCCCCCCCC. The summed E-state index contributed by atoms with van der Waals surface area (Å²) in [7, 11) is 0. The van der Waals surface area contributed by atoms with E-state index in [1.54, 1.807) is 6.08 Å². The first-order valence-corrected chi connectivity index (χ1v) is 36.4. The first-order valence-electron chi connectivity index (χ1n) is 36.4. The number of carbonyl (C=O) groups is 2. The molecule has 0 saturated carbocycles. The van der Waals surface area contributed by atoms with Crippen LogP contribution < -0.4 is 5.32 Å². The number of allylic oxidation sites excluding steroid dienone is 7. The Morgan fingerprint density at radius 2 is 0.812 bits per heavy atom. The van der Waals surface area contributed by atoms with E-state index in [-0.39, 0.29) is 19.4 Å². The predicted octanol–water partition coefficient (Wildman–Crippen LogP) is 18.7. The Kier molecular flexibility index (Phi) is 58.7. The number of nitrogens with one attached hydrogen (secondary N) is 1. The molecule has 1 rings (SSSR count). The van der Waals surface area contributed by atoms with E-state index in [4.69, 9.17) is 14.2 Å². The van der Waals surface area contributed by atoms with Crippen molar-refractivity contribution < 1.29 is 49.3 Å². The van der Waals surface area contributed by atoms with Gasteiger partial charge in [-0.15, -0.1) is 0 Å². The molecule has 1 amide bonds. The highest BCUT2D eigenvalue weighted by Crippen LogP contribution is 2.26. The summed E-state index contributed by atoms with van der Waals surface area (Å²) in [6, 6.07) is -1.03. The molecule has 0 bridgehead atoms. The van der Waals surface area contributed by atoms with Crippen LogP contribution in [0.1, 0.15) is 348 Å². The van der Waals surface area contributed by atoms with Gasteiger partial charge < -0.3 is 45.1 Å². The molecule has 1 saturated heterocycles. The van der Waals surface area contributed by atoms with Gasteiger partial charge >= 0.3 is 5.97 Å². The number of aliphatic hydroxyl groups is 5. The predicted molar refractivity (Wildman–Crippen MR) is 357 cm³/mol. The van der Waals surface area contributed by atoms with E-state index in [0.717, 1.165) is 83.5 Å². The molecule has 1 heterocycles. The molecular formula is C74H137NO10. The largest absolute Gasteiger partial charge is 0.454 e. The van der Waals surface area contributed by atoms with Crippen molar-refractivity contribution in [1.29, 1.82) is 0 Å². The van der Waals surface area contributed by atoms with Gasteiger partial charge in [0.15, 0.2) is 12.4 Å². The van der Waals surface area contributed by atoms with E-state index in [1.165, 1.54) is 218 Å². The minimum Gasteiger partial charge on any atom is -0.454 e. The van der Waals surface area contributed by atoms with Crippen molar-refractivity contribution in [1.82, 2.24) is 5.32 Å². The van der Waals surface area contributed by atoms with Crippen molar-refractivity contribution in [2.45, 2.75) is 397 Å². The van der Waals surface area contributed by atoms with Crippen LogP contribution in [0, 0.1) is 0 Å². The van der Waals surface area contributed by atoms with Gasteiger partial charge in [0.1, 0.15) is 24.4 Å². The third kappa shape index (κ3) is 49.1. The summed E-state index contributed by atoms with van der Waals surface area (Å²) in [6.07, 6.45) is 67.3. The smallest absolute Gasteiger partial charge is 0.306 e. The minimum atomic E-state index is -1.61. The van der Waals surface area contributed by atoms with Crippen LogP contribution in [-0.4, -0.2) is 99.6 Å². The second kappa shape index (κ2) is 61.8. The van der Waals surface area contributed by atoms with Crippen LogP contribution in [-0.2, 0) is 23.8 Å². The molecule has 11 heteroatoms. The monoisotopic (exact) mass is 1200 g/mol. The van der Waals surface area contributed by atoms with Crippen molar-refractivity contribution in [2.75, 3.05) is 13.2 Å². The molecule has 1 aliphatic rings. The molecule has 1 fully saturated rings. The molecular weight excluding hydrogens is 1060 g/mol. The Labute approximate surface area is 523 Å². The second-order valence-electron chi connectivity index (χ2n) is 25.3. The summed E-state index contributed by atoms with van der Waals surface area (Å²) in [5.74, 6) is -1.19. The normalized spacial score (nSPS) is 18.6. The topological polar surface area (TPSA) is 175 Å². The number of ether oxygens (including phenoxy) is 3. The lowest BCUT2D eigenvalue weighted by molar-refractivity contribution is -0.305. The maximum atomic E-state index is 13.5. The number of aliphatic hydroxyl groups excluding tert-OH is 5. The Balaban J connectivity index is 2.53. The Morgan fingerprint density at radius 1 is 0.459 bits per heavy atom. The summed E-state index contributed by atoms with van der Waals surface area (Å²) in [5.41, 5.74) is 0. The van der Waals surface area contributed by atoms with Crippen LogP contribution >= 0.6 is 0 Å². The average molecular weight is 1200 g/mol. The number of esters is 1. The van der Waals surface area contributed by atoms with E-state index in [0.29, 0.717) is 12.8 Å². The molecule has 85 heavy (non-hydrogen) atoms. The molecule has 0 aromatic heterocycles. The fourth-order valence-corrected chi connectivity index (χ4v) is 11.4. The zero-order valence-corrected chi connectivity index (χ0v) is 55.5. The quantitative estimate of drug-likeness (QED) is 0.0195. The number of unbranched alkanes of at least 4 members (excludes halogenated alkanes) is 43. The fourth-order valence-electron chi connectivity index (χ4n) is 11.4. The summed E-state index contributed by atoms with van der Waals surface area (Å²) in [5, 5.41) is 57.2. The molecule has 6 N–H and O–H groups in total. The molecule has 8 atom stereocenters. The van der Waals surface area contributed by atoms with Crippen LogP contribution in [0.4, 0.5) is 0 Å². The van der Waals surface area contributed by atoms with Crippen molar-refractivity contribution in [3.05, 3.63) is 48.6 Å². The molecule has 0 aromatic carbocycles. The van der Waals surface area contributed by atoms with Gasteiger partial charge in [-0.25, -0.2) is 0 Å². The van der Waals surface area contributed by atoms with E-state index < -0.39 is 67.4 Å². The van der Waals surface area contributed by atoms with Gasteiger partial charge in [0.05, 0.1) is 25.4 Å². The van der Waals surface area contributed by atoms with Gasteiger partial charge in [0, 0.05) is 6.42 Å². The molecule has 8 unspecified atom stereocenters. The number of rotatable bonds is 63. The number of hydrogen-bond acceptors (Lipinski definition) is 10. The third-order valence-electron chi connectivity index (χ3n) is 17.2. The Morgan fingerprint density at radius 3 is 1.24 bits per heavy atom. The molecule has 11 nitrogen and oxygen atoms in total. The molecule has 0 aliphatic carbocycles. The fraction of sp³-hybridized carbons (Fsp3) is 0.865. The van der Waals surface area contributed by atoms with E-state index in [1.807, 2.05) is 6.08 Å². The van der Waals surface area contributed by atoms with Crippen LogP contribution in [0.3, 0.4) is 0 Å². The van der Waals surface area contributed by atoms with Gasteiger partial charge in [-0.1, -0.05) is 307 Å². The molecule has 0 radical (unpaired) electrons. The van der Waals surface area contributed by atoms with Gasteiger partial charge in [0.25, 0.3) is 0 Å². The Hall–Kier alpha value is -2.38. The van der Waals surface area contributed by atoms with E-state index >= 15 is 0 Å². The van der Waals surface area contributed by atoms with Crippen LogP contribution in [0.5, 0.6) is 0 Å². The average Bonchev–Trinajstić information content (AvgIpc) is 3.13. The zero-order valence-electron chi connectivity index (χ0n) is 55.5. The van der Waals surface area contributed by atoms with Gasteiger partial charge in [-0.2, -0.15) is 0 Å². The molecule has 0 spiro atoms. The highest BCUT2D eigenvalue weighted by atomic mass is 16.7. The lowest BCUT2D eigenvalue weighted by atomic mass is 9.99. The lowest BCUT2D eigenvalue weighted by Crippen LogP contribution is -2.61. The number of amides is 1. The van der Waals surface area contributed by atoms with E-state index in [2.05, 4.69) is 62.5 Å². The summed E-state index contributed by atoms with van der Waals surface area (Å²) < 4.78 is 17.7. The van der Waals surface area contributed by atoms with Crippen molar-refractivity contribution in [3.63, 3.8) is 0 Å². The van der Waals surface area contributed by atoms with Gasteiger partial charge in [-0.05, 0) is 83.5 Å². The zero-order chi connectivity index (χ0) is 61.7. The molecule has 0 aromatic rings. The number of carbonyl (C=O) groups excluding carboxylic acids is 2. The van der Waals surface area contributed by atoms with Gasteiger partial charge in [0.2, 0.25) is 5.91 Å². The van der Waals surface area contributed by atoms with Crippen LogP contribution in [0.2, 0.25) is 0 Å². The summed E-state index contributed by atoms with van der Waals surface area (Å²) in [4.78, 5) is 26.7. The standard InChI is InChI=1S/C74H137NO10/c1-4-7-10-13-16-19-22-25-27-29-30-31-32-33-34-35-36-37-38-39-41-44-47-50-53-56-59-62-69(79)85-72-71(81)70(80)68(63-76)84-74(72)83-64-65(66(77)60-57-54-51-48-45-42-24-21-18-15-12-9-6-3)75-73(82)67(78)61-58-55-52-49-46-43-40-28-26-23-20-17-14-11-8-5-2/h17,20,25-28,57,60,65-68,70-72,74,76-78,80-81H,4-16,18-19,21-24,29-56,58-59,61-64H2,1-3H3,(H,75,82)/b20-17-,27-25+,28-26-,60-57+. The third-order valence-corrected chi connectivity index (χ3v) is 17.2. The molecule has 1 aliphatic heterocycles. The molecule has 498 valence electrons. The van der Waals surface area contributed by atoms with Crippen molar-refractivity contribution in [3.8, 4) is 0 Å². The Bertz CT molecular complexity index is 1570. The highest BCUT2D eigenvalue weighted by Gasteiger charge is 2.47. The minimum absolute atomic E-state index is 0.126. The number of hydrogen-bond donors (Lipinski definition) is 6. The van der Waals surface area contributed by atoms with E-state index in [9.17, 15) is 35.1 Å². The summed E-state index contributed by atoms with van der Waals surface area (Å²) in [6.45, 7) is 5.80. The first kappa shape index (κ1) is 80.6. The van der Waals surface area contributed by atoms with Crippen LogP contribution in [0.25, 0.3) is 0 Å². The van der Waals surface area contributed by atoms with Gasteiger partial charge in [-0.3, -0.25) is 9.59 Å². The van der Waals surface area contributed by atoms with Crippen molar-refractivity contribution in [2.24, 2.45) is 0 Å². The van der Waals surface area contributed by atoms with Crippen molar-refractivity contribution >= 4 is 11.9 Å². The second-order valence-corrected chi connectivity index (χ2v) is 25.3.